The van der Waals surface area contributed by atoms with Gasteiger partial charge in [0.2, 0.25) is 0 Å². The summed E-state index contributed by atoms with van der Waals surface area (Å²) in [4.78, 5) is 18.0. The van der Waals surface area contributed by atoms with Crippen molar-refractivity contribution >= 4 is 15.7 Å². The number of sulfone groups is 1. The van der Waals surface area contributed by atoms with E-state index in [1.54, 1.807) is 27.8 Å². The van der Waals surface area contributed by atoms with Crippen LogP contribution in [-0.2, 0) is 26.9 Å². The lowest BCUT2D eigenvalue weighted by Crippen LogP contribution is -2.41. The molecule has 0 unspecified atom stereocenters. The molecular formula is C26H28N4O4S. The Morgan fingerprint density at radius 1 is 0.971 bits per heavy atom. The molecule has 0 N–H and O–H groups in total. The number of carbonyl (C=O) groups is 1. The van der Waals surface area contributed by atoms with Crippen molar-refractivity contribution in [2.24, 2.45) is 0 Å². The van der Waals surface area contributed by atoms with E-state index in [1.165, 1.54) is 18.4 Å². The highest BCUT2D eigenvalue weighted by Crippen LogP contribution is 2.41. The minimum Gasteiger partial charge on any atom is -0.378 e. The molecule has 4 heterocycles. The second-order valence-electron chi connectivity index (χ2n) is 9.40. The predicted molar refractivity (Wildman–Crippen MR) is 131 cm³/mol. The van der Waals surface area contributed by atoms with Crippen LogP contribution < -0.4 is 0 Å². The van der Waals surface area contributed by atoms with E-state index in [0.717, 1.165) is 25.3 Å². The maximum Gasteiger partial charge on any atom is 0.274 e. The van der Waals surface area contributed by atoms with Crippen molar-refractivity contribution in [1.82, 2.24) is 19.6 Å². The van der Waals surface area contributed by atoms with E-state index in [1.807, 2.05) is 18.2 Å². The predicted octanol–water partition coefficient (Wildman–Crippen LogP) is 2.89. The standard InChI is InChI=1S/C26H28N4O4S/c31-26(29-12-14-34-15-13-29)24-22-18-35(32,33)23-9-2-1-8-21(23)25(22)30(27-24)20-7-5-6-19(16-20)17-28-10-3-4-11-28/h1-2,5-9,16H,3-4,10-15,17-18H2. The van der Waals surface area contributed by atoms with Gasteiger partial charge in [-0.2, -0.15) is 5.10 Å². The van der Waals surface area contributed by atoms with Gasteiger partial charge in [0.05, 0.1) is 35.2 Å². The third-order valence-corrected chi connectivity index (χ3v) is 8.75. The Hall–Kier alpha value is -3.01. The van der Waals surface area contributed by atoms with Gasteiger partial charge in [0, 0.05) is 30.8 Å². The summed E-state index contributed by atoms with van der Waals surface area (Å²) in [5, 5.41) is 4.78. The zero-order valence-corrected chi connectivity index (χ0v) is 20.3. The topological polar surface area (TPSA) is 84.7 Å². The maximum atomic E-state index is 13.5. The first-order valence-electron chi connectivity index (χ1n) is 12.1. The molecule has 0 atom stereocenters. The fourth-order valence-electron chi connectivity index (χ4n) is 5.33. The molecule has 2 fully saturated rings. The molecule has 0 radical (unpaired) electrons. The number of carbonyl (C=O) groups excluding carboxylic acids is 1. The van der Waals surface area contributed by atoms with Crippen molar-refractivity contribution in [2.75, 3.05) is 39.4 Å². The zero-order valence-electron chi connectivity index (χ0n) is 19.5. The summed E-state index contributed by atoms with van der Waals surface area (Å²) in [6.45, 7) is 4.93. The first-order chi connectivity index (χ1) is 17.0. The van der Waals surface area contributed by atoms with Crippen LogP contribution in [0.2, 0.25) is 0 Å². The molecular weight excluding hydrogens is 464 g/mol. The van der Waals surface area contributed by atoms with Crippen molar-refractivity contribution in [2.45, 2.75) is 30.0 Å². The lowest BCUT2D eigenvalue weighted by Gasteiger charge is -2.26. The van der Waals surface area contributed by atoms with Crippen LogP contribution in [0.4, 0.5) is 0 Å². The van der Waals surface area contributed by atoms with Crippen LogP contribution >= 0.6 is 0 Å². The average Bonchev–Trinajstić information content (AvgIpc) is 3.52. The zero-order chi connectivity index (χ0) is 24.0. The lowest BCUT2D eigenvalue weighted by molar-refractivity contribution is 0.0298. The summed E-state index contributed by atoms with van der Waals surface area (Å²) in [5.74, 6) is -0.482. The molecule has 35 heavy (non-hydrogen) atoms. The van der Waals surface area contributed by atoms with E-state index in [4.69, 9.17) is 9.84 Å². The third kappa shape index (κ3) is 4.07. The molecule has 3 aromatic rings. The van der Waals surface area contributed by atoms with Gasteiger partial charge in [0.15, 0.2) is 15.5 Å². The van der Waals surface area contributed by atoms with Crippen molar-refractivity contribution < 1.29 is 17.9 Å². The van der Waals surface area contributed by atoms with Gasteiger partial charge < -0.3 is 9.64 Å². The molecule has 2 aromatic carbocycles. The fraction of sp³-hybridized carbons (Fsp3) is 0.385. The van der Waals surface area contributed by atoms with Gasteiger partial charge in [-0.1, -0.05) is 30.3 Å². The minimum absolute atomic E-state index is 0.213. The number of amides is 1. The van der Waals surface area contributed by atoms with Crippen molar-refractivity contribution in [1.29, 1.82) is 0 Å². The molecule has 0 spiro atoms. The van der Waals surface area contributed by atoms with Crippen molar-refractivity contribution in [3.63, 3.8) is 0 Å². The van der Waals surface area contributed by atoms with Crippen LogP contribution in [0.3, 0.4) is 0 Å². The van der Waals surface area contributed by atoms with E-state index in [-0.39, 0.29) is 22.2 Å². The number of likely N-dealkylation sites (tertiary alicyclic amines) is 1. The molecule has 1 aromatic heterocycles. The highest BCUT2D eigenvalue weighted by Gasteiger charge is 2.37. The summed E-state index contributed by atoms with van der Waals surface area (Å²) in [7, 11) is -3.59. The van der Waals surface area contributed by atoms with Gasteiger partial charge in [-0.15, -0.1) is 0 Å². The molecule has 0 bridgehead atoms. The molecule has 0 aliphatic carbocycles. The number of aromatic nitrogens is 2. The molecule has 3 aliphatic heterocycles. The normalized spacial score (nSPS) is 19.4. The fourth-order valence-corrected chi connectivity index (χ4v) is 6.92. The maximum absolute atomic E-state index is 13.5. The van der Waals surface area contributed by atoms with E-state index in [0.29, 0.717) is 43.1 Å². The van der Waals surface area contributed by atoms with Gasteiger partial charge in [-0.05, 0) is 49.7 Å². The summed E-state index contributed by atoms with van der Waals surface area (Å²) < 4.78 is 33.6. The van der Waals surface area contributed by atoms with Gasteiger partial charge in [0.1, 0.15) is 0 Å². The number of morpholine rings is 1. The summed E-state index contributed by atoms with van der Waals surface area (Å²) in [5.41, 5.74) is 3.96. The van der Waals surface area contributed by atoms with E-state index in [2.05, 4.69) is 17.0 Å². The summed E-state index contributed by atoms with van der Waals surface area (Å²) in [6.07, 6.45) is 2.45. The monoisotopic (exact) mass is 492 g/mol. The molecule has 3 aliphatic rings. The first kappa shape index (κ1) is 22.5. The minimum atomic E-state index is -3.59. The smallest absolute Gasteiger partial charge is 0.274 e. The third-order valence-electron chi connectivity index (χ3n) is 7.06. The molecule has 8 nitrogen and oxygen atoms in total. The Labute approximate surface area is 205 Å². The van der Waals surface area contributed by atoms with E-state index in [9.17, 15) is 13.2 Å². The molecule has 2 saturated heterocycles. The summed E-state index contributed by atoms with van der Waals surface area (Å²) in [6, 6.07) is 15.2. The van der Waals surface area contributed by atoms with Crippen LogP contribution in [0.1, 0.15) is 34.5 Å². The van der Waals surface area contributed by atoms with Crippen molar-refractivity contribution in [3.05, 3.63) is 65.4 Å². The molecule has 182 valence electrons. The van der Waals surface area contributed by atoms with Gasteiger partial charge >= 0.3 is 0 Å². The highest BCUT2D eigenvalue weighted by molar-refractivity contribution is 7.90. The SMILES string of the molecule is O=C(c1nn(-c2cccc(CN3CCCC3)c2)c2c1CS(=O)(=O)c1ccccc1-2)N1CCOCC1. The number of rotatable bonds is 4. The van der Waals surface area contributed by atoms with Gasteiger partial charge in [0.25, 0.3) is 5.91 Å². The van der Waals surface area contributed by atoms with E-state index >= 15 is 0 Å². The summed E-state index contributed by atoms with van der Waals surface area (Å²) >= 11 is 0. The Bertz CT molecular complexity index is 1390. The number of benzene rings is 2. The van der Waals surface area contributed by atoms with E-state index < -0.39 is 9.84 Å². The first-order valence-corrected chi connectivity index (χ1v) is 13.8. The number of hydrogen-bond acceptors (Lipinski definition) is 6. The second kappa shape index (κ2) is 8.89. The molecule has 9 heteroatoms. The average molecular weight is 493 g/mol. The van der Waals surface area contributed by atoms with Crippen LogP contribution in [0.25, 0.3) is 16.9 Å². The second-order valence-corrected chi connectivity index (χ2v) is 11.4. The molecule has 1 amide bonds. The number of nitrogens with zero attached hydrogens (tertiary/aromatic N) is 4. The molecule has 6 rings (SSSR count). The highest BCUT2D eigenvalue weighted by atomic mass is 32.2. The van der Waals surface area contributed by atoms with Crippen LogP contribution in [-0.4, -0.2) is 73.3 Å². The quantitative estimate of drug-likeness (QED) is 0.557. The van der Waals surface area contributed by atoms with Crippen LogP contribution in [0.15, 0.2) is 53.4 Å². The van der Waals surface area contributed by atoms with Crippen LogP contribution in [0, 0.1) is 0 Å². The lowest BCUT2D eigenvalue weighted by atomic mass is 10.0. The Kier molecular flexibility index (Phi) is 5.70. The van der Waals surface area contributed by atoms with Crippen molar-refractivity contribution in [3.8, 4) is 16.9 Å². The largest absolute Gasteiger partial charge is 0.378 e. The Balaban J connectivity index is 1.49. The Morgan fingerprint density at radius 3 is 2.54 bits per heavy atom. The molecule has 0 saturated carbocycles. The van der Waals surface area contributed by atoms with Gasteiger partial charge in [-0.3, -0.25) is 9.69 Å². The van der Waals surface area contributed by atoms with Crippen LogP contribution in [0.5, 0.6) is 0 Å². The van der Waals surface area contributed by atoms with Gasteiger partial charge in [-0.25, -0.2) is 13.1 Å². The number of ether oxygens (including phenoxy) is 1. The number of fused-ring (bicyclic) bond motifs is 3. The Morgan fingerprint density at radius 2 is 1.74 bits per heavy atom. The number of hydrogen-bond donors (Lipinski definition) is 0.